The van der Waals surface area contributed by atoms with Crippen molar-refractivity contribution >= 4 is 8.80 Å². The summed E-state index contributed by atoms with van der Waals surface area (Å²) in [5.74, 6) is 0. The summed E-state index contributed by atoms with van der Waals surface area (Å²) in [4.78, 5) is 5.76. The van der Waals surface area contributed by atoms with E-state index in [1.807, 2.05) is 20.8 Å². The Hall–Kier alpha value is -1.28. The number of rotatable bonds is 16. The molecule has 2 unspecified atom stereocenters. The molecule has 0 N–H and O–H groups in total. The van der Waals surface area contributed by atoms with E-state index in [0.717, 1.165) is 6.42 Å². The molecule has 0 aromatic rings. The maximum Gasteiger partial charge on any atom is 0.500 e. The van der Waals surface area contributed by atoms with Gasteiger partial charge in [0.1, 0.15) is 0 Å². The summed E-state index contributed by atoms with van der Waals surface area (Å²) in [5.41, 5.74) is 17.3. The van der Waals surface area contributed by atoms with E-state index in [1.54, 1.807) is 0 Å². The van der Waals surface area contributed by atoms with Crippen molar-refractivity contribution in [1.82, 2.24) is 0 Å². The Kier molecular flexibility index (Phi) is 14.2. The van der Waals surface area contributed by atoms with Crippen LogP contribution in [0.15, 0.2) is 10.2 Å². The van der Waals surface area contributed by atoms with Crippen molar-refractivity contribution < 1.29 is 13.3 Å². The largest absolute Gasteiger partial charge is 0.500 e. The molecule has 2 atom stereocenters. The van der Waals surface area contributed by atoms with E-state index in [9.17, 15) is 0 Å². The van der Waals surface area contributed by atoms with Crippen molar-refractivity contribution in [2.24, 2.45) is 10.2 Å². The van der Waals surface area contributed by atoms with Gasteiger partial charge in [0.15, 0.2) is 0 Å². The lowest BCUT2D eigenvalue weighted by atomic mass is 10.0. The molecule has 143 valence electrons. The maximum atomic E-state index is 8.77. The first-order valence-electron chi connectivity index (χ1n) is 8.90. The lowest BCUT2D eigenvalue weighted by Gasteiger charge is -2.28. The first kappa shape index (κ1) is 23.7. The summed E-state index contributed by atoms with van der Waals surface area (Å²) < 4.78 is 17.5. The second kappa shape index (κ2) is 15.0. The lowest BCUT2D eigenvalue weighted by molar-refractivity contribution is 0.0705. The predicted molar refractivity (Wildman–Crippen MR) is 99.7 cm³/mol. The summed E-state index contributed by atoms with van der Waals surface area (Å²) in [6.45, 7) is 11.2. The van der Waals surface area contributed by atoms with Crippen LogP contribution in [-0.2, 0) is 13.3 Å². The Morgan fingerprint density at radius 3 is 1.80 bits per heavy atom. The third-order valence-electron chi connectivity index (χ3n) is 3.71. The summed E-state index contributed by atoms with van der Waals surface area (Å²) in [6, 6.07) is 0.379. The smallest absolute Gasteiger partial charge is 0.374 e. The molecule has 0 aromatic carbocycles. The SMILES string of the molecule is [CH2]CC(CCC(CCC[Si](OCC)(OCC)OCC)N=[N+]=[N-])N=[N+]=[N-]. The monoisotopic (exact) mass is 371 g/mol. The van der Waals surface area contributed by atoms with Gasteiger partial charge in [0.2, 0.25) is 0 Å². The summed E-state index contributed by atoms with van der Waals surface area (Å²) in [7, 11) is -2.66. The fourth-order valence-corrected chi connectivity index (χ4v) is 5.25. The zero-order valence-corrected chi connectivity index (χ0v) is 16.6. The van der Waals surface area contributed by atoms with Crippen LogP contribution in [-0.4, -0.2) is 40.7 Å². The minimum Gasteiger partial charge on any atom is -0.374 e. The van der Waals surface area contributed by atoms with Crippen LogP contribution in [0, 0.1) is 6.92 Å². The average molecular weight is 372 g/mol. The lowest BCUT2D eigenvalue weighted by Crippen LogP contribution is -2.46. The third-order valence-corrected chi connectivity index (χ3v) is 6.86. The molecule has 10 heteroatoms. The van der Waals surface area contributed by atoms with Gasteiger partial charge < -0.3 is 13.3 Å². The van der Waals surface area contributed by atoms with Gasteiger partial charge >= 0.3 is 8.80 Å². The van der Waals surface area contributed by atoms with Gasteiger partial charge in [-0.2, -0.15) is 0 Å². The standard InChI is InChI=1S/C15H31N6O3Si/c1-5-14(18-20-16)11-12-15(19-21-17)10-9-13-25(22-6-2,23-7-3)24-8-4/h14-15H,1,5-13H2,2-4H3. The zero-order valence-electron chi connectivity index (χ0n) is 15.6. The Morgan fingerprint density at radius 1 is 0.880 bits per heavy atom. The highest BCUT2D eigenvalue weighted by atomic mass is 28.4. The van der Waals surface area contributed by atoms with Crippen LogP contribution in [0.4, 0.5) is 0 Å². The molecule has 9 nitrogen and oxygen atoms in total. The number of nitrogens with zero attached hydrogens (tertiary/aromatic N) is 6. The van der Waals surface area contributed by atoms with Gasteiger partial charge in [-0.1, -0.05) is 17.2 Å². The van der Waals surface area contributed by atoms with Crippen molar-refractivity contribution in [1.29, 1.82) is 0 Å². The Morgan fingerprint density at radius 2 is 1.36 bits per heavy atom. The topological polar surface area (TPSA) is 125 Å². The summed E-state index contributed by atoms with van der Waals surface area (Å²) in [6.07, 6.45) is 3.35. The Labute approximate surface area is 151 Å². The van der Waals surface area contributed by atoms with Crippen molar-refractivity contribution in [3.8, 4) is 0 Å². The second-order valence-electron chi connectivity index (χ2n) is 5.46. The van der Waals surface area contributed by atoms with Crippen molar-refractivity contribution in [2.45, 2.75) is 71.0 Å². The Bertz CT molecular complexity index is 424. The van der Waals surface area contributed by atoms with Crippen LogP contribution < -0.4 is 0 Å². The van der Waals surface area contributed by atoms with E-state index in [2.05, 4.69) is 27.0 Å². The van der Waals surface area contributed by atoms with Crippen molar-refractivity contribution in [3.63, 3.8) is 0 Å². The fourth-order valence-electron chi connectivity index (χ4n) is 2.61. The molecule has 1 radical (unpaired) electrons. The quantitative estimate of drug-likeness (QED) is 0.160. The molecular weight excluding hydrogens is 340 g/mol. The van der Waals surface area contributed by atoms with Gasteiger partial charge in [0, 0.05) is 47.8 Å². The van der Waals surface area contributed by atoms with Gasteiger partial charge in [0.25, 0.3) is 0 Å². The van der Waals surface area contributed by atoms with Gasteiger partial charge in [-0.15, -0.1) is 0 Å². The van der Waals surface area contributed by atoms with Crippen LogP contribution in [0.25, 0.3) is 20.9 Å². The molecule has 25 heavy (non-hydrogen) atoms. The van der Waals surface area contributed by atoms with Crippen molar-refractivity contribution in [2.75, 3.05) is 19.8 Å². The Balaban J connectivity index is 4.65. The van der Waals surface area contributed by atoms with E-state index >= 15 is 0 Å². The van der Waals surface area contributed by atoms with Gasteiger partial charge in [0.05, 0.1) is 0 Å². The minimum absolute atomic E-state index is 0.149. The highest BCUT2D eigenvalue weighted by Crippen LogP contribution is 2.22. The van der Waals surface area contributed by atoms with Crippen LogP contribution >= 0.6 is 0 Å². The first-order valence-corrected chi connectivity index (χ1v) is 10.8. The molecule has 0 saturated carbocycles. The van der Waals surface area contributed by atoms with Gasteiger partial charge in [-0.3, -0.25) is 0 Å². The molecule has 0 rings (SSSR count). The normalized spacial score (nSPS) is 13.6. The molecule has 0 amide bonds. The summed E-state index contributed by atoms with van der Waals surface area (Å²) in [5, 5.41) is 7.56. The molecule has 0 spiro atoms. The summed E-state index contributed by atoms with van der Waals surface area (Å²) >= 11 is 0. The molecule has 0 aliphatic carbocycles. The van der Waals surface area contributed by atoms with E-state index in [1.165, 1.54) is 0 Å². The molecular formula is C15H31N6O3Si. The molecule has 0 aromatic heterocycles. The fraction of sp³-hybridized carbons (Fsp3) is 0.933. The molecule has 0 fully saturated rings. The van der Waals surface area contributed by atoms with Crippen LogP contribution in [0.2, 0.25) is 6.04 Å². The number of hydrogen-bond donors (Lipinski definition) is 0. The van der Waals surface area contributed by atoms with E-state index < -0.39 is 8.80 Å². The van der Waals surface area contributed by atoms with Gasteiger partial charge in [-0.25, -0.2) is 0 Å². The van der Waals surface area contributed by atoms with Crippen LogP contribution in [0.3, 0.4) is 0 Å². The molecule has 0 bridgehead atoms. The van der Waals surface area contributed by atoms with Crippen LogP contribution in [0.5, 0.6) is 0 Å². The third kappa shape index (κ3) is 10.3. The molecule has 0 saturated heterocycles. The maximum absolute atomic E-state index is 8.77. The van der Waals surface area contributed by atoms with E-state index in [0.29, 0.717) is 51.5 Å². The van der Waals surface area contributed by atoms with Crippen molar-refractivity contribution in [3.05, 3.63) is 27.8 Å². The molecule has 0 heterocycles. The zero-order chi connectivity index (χ0) is 19.0. The average Bonchev–Trinajstić information content (AvgIpc) is 2.59. The molecule has 0 aliphatic rings. The highest BCUT2D eigenvalue weighted by Gasteiger charge is 2.39. The highest BCUT2D eigenvalue weighted by molar-refractivity contribution is 6.60. The number of azide groups is 2. The minimum atomic E-state index is -2.66. The van der Waals surface area contributed by atoms with E-state index in [4.69, 9.17) is 24.3 Å². The number of hydrogen-bond acceptors (Lipinski definition) is 5. The van der Waals surface area contributed by atoms with E-state index in [-0.39, 0.29) is 12.1 Å². The van der Waals surface area contributed by atoms with Gasteiger partial charge in [-0.05, 0) is 63.9 Å². The first-order chi connectivity index (χ1) is 12.1. The molecule has 0 aliphatic heterocycles. The predicted octanol–water partition coefficient (Wildman–Crippen LogP) is 5.18. The second-order valence-corrected chi connectivity index (χ2v) is 8.19. The van der Waals surface area contributed by atoms with Crippen LogP contribution in [0.1, 0.15) is 52.9 Å².